The van der Waals surface area contributed by atoms with Crippen molar-refractivity contribution in [2.45, 2.75) is 82.5 Å². The third-order valence-electron chi connectivity index (χ3n) is 12.2. The van der Waals surface area contributed by atoms with Crippen LogP contribution in [0.3, 0.4) is 0 Å². The minimum atomic E-state index is -0.564. The van der Waals surface area contributed by atoms with Gasteiger partial charge in [0.2, 0.25) is 17.8 Å². The van der Waals surface area contributed by atoms with E-state index in [1.54, 1.807) is 6.92 Å². The smallest absolute Gasteiger partial charge is 0.254 e. The summed E-state index contributed by atoms with van der Waals surface area (Å²) in [4.78, 5) is 59.3. The van der Waals surface area contributed by atoms with Crippen molar-refractivity contribution in [1.29, 1.82) is 0 Å². The molecule has 2 aromatic heterocycles. The minimum Gasteiger partial charge on any atom is -0.369 e. The number of primary amides is 2. The molecule has 0 unspecified atom stereocenters. The Balaban J connectivity index is 0.000000190. The summed E-state index contributed by atoms with van der Waals surface area (Å²) in [5, 5.41) is 16.5. The molecular weight excluding hydrogens is 801 g/mol. The molecule has 3 amide bonds. The molecule has 4 fully saturated rings. The fraction of sp³-hybridized carbons (Fsp3) is 0.477. The Hall–Kier alpha value is -6.31. The summed E-state index contributed by atoms with van der Waals surface area (Å²) < 4.78 is 0. The second-order valence-electron chi connectivity index (χ2n) is 16.7. The predicted molar refractivity (Wildman–Crippen MR) is 248 cm³/mol. The maximum absolute atomic E-state index is 11.9. The molecule has 0 bridgehead atoms. The van der Waals surface area contributed by atoms with Crippen LogP contribution in [0.25, 0.3) is 0 Å². The van der Waals surface area contributed by atoms with Crippen molar-refractivity contribution < 1.29 is 14.4 Å². The maximum atomic E-state index is 11.9. The number of rotatable bonds is 12. The zero-order valence-electron chi connectivity index (χ0n) is 36.1. The van der Waals surface area contributed by atoms with Crippen molar-refractivity contribution in [3.8, 4) is 0 Å². The van der Waals surface area contributed by atoms with Crippen LogP contribution < -0.4 is 59.3 Å². The Bertz CT molecular complexity index is 2140. The van der Waals surface area contributed by atoms with Gasteiger partial charge in [0.15, 0.2) is 0 Å². The van der Waals surface area contributed by atoms with Crippen molar-refractivity contribution in [3.63, 3.8) is 0 Å². The number of nitrogens with zero attached hydrogens (tertiary/aromatic N) is 7. The average molecular weight is 863 g/mol. The standard InChI is InChI=1S/C23H32N8O2.C21H30N8O/c1-15(32)30-10-12-31(13-11-30)19-8-6-18(7-9-19)28-23-26-14-20(21(25)33)22(29-23)27-17-4-2-16(24)3-5-17;22-14-1-3-15(4-2-14)26-20-18(19(23)30)13-25-21(28-20)27-16-5-7-17(8-6-16)29-11-9-24-10-12-29/h6-9,14,16-17H,2-5,10-13,24H2,1H3,(H2,25,33)(H2,26,27,28,29);5-8,13-15,24H,1-4,9-12,22H2,(H2,23,30)(H2,25,26,27,28). The zero-order chi connectivity index (χ0) is 44.3. The molecule has 4 heterocycles. The number of benzene rings is 2. The summed E-state index contributed by atoms with van der Waals surface area (Å²) in [7, 11) is 0. The molecule has 2 saturated carbocycles. The lowest BCUT2D eigenvalue weighted by Crippen LogP contribution is -2.48. The molecule has 0 radical (unpaired) electrons. The number of amides is 3. The van der Waals surface area contributed by atoms with Crippen LogP contribution in [-0.4, -0.2) is 119 Å². The molecule has 2 aromatic carbocycles. The van der Waals surface area contributed by atoms with Gasteiger partial charge in [0, 0.05) is 119 Å². The summed E-state index contributed by atoms with van der Waals surface area (Å²) in [5.74, 6) is 0.737. The van der Waals surface area contributed by atoms with Crippen LogP contribution in [0.4, 0.5) is 46.3 Å². The molecule has 2 aliphatic carbocycles. The third kappa shape index (κ3) is 12.4. The first-order valence-electron chi connectivity index (χ1n) is 22.1. The van der Waals surface area contributed by atoms with Gasteiger partial charge < -0.3 is 64.2 Å². The van der Waals surface area contributed by atoms with E-state index in [0.717, 1.165) is 121 Å². The topological polar surface area (TPSA) is 277 Å². The molecule has 336 valence electrons. The maximum Gasteiger partial charge on any atom is 0.254 e. The molecule has 63 heavy (non-hydrogen) atoms. The molecule has 2 aliphatic heterocycles. The number of carbonyl (C=O) groups is 3. The van der Waals surface area contributed by atoms with Gasteiger partial charge in [-0.3, -0.25) is 14.4 Å². The number of nitrogens with one attached hydrogen (secondary N) is 5. The minimum absolute atomic E-state index is 0.123. The number of hydrogen-bond acceptors (Lipinski definition) is 16. The first kappa shape index (κ1) is 44.7. The van der Waals surface area contributed by atoms with E-state index >= 15 is 0 Å². The summed E-state index contributed by atoms with van der Waals surface area (Å²) >= 11 is 0. The number of piperazine rings is 2. The quantitative estimate of drug-likeness (QED) is 0.0990. The lowest BCUT2D eigenvalue weighted by atomic mass is 9.92. The van der Waals surface area contributed by atoms with Gasteiger partial charge in [0.25, 0.3) is 11.8 Å². The van der Waals surface area contributed by atoms with Gasteiger partial charge in [0.05, 0.1) is 11.1 Å². The van der Waals surface area contributed by atoms with Crippen LogP contribution in [0.15, 0.2) is 60.9 Å². The molecule has 19 nitrogen and oxygen atoms in total. The molecule has 4 aromatic rings. The highest BCUT2D eigenvalue weighted by molar-refractivity contribution is 5.98. The molecule has 0 spiro atoms. The average Bonchev–Trinajstić information content (AvgIpc) is 3.29. The summed E-state index contributed by atoms with van der Waals surface area (Å²) in [6.07, 6.45) is 10.5. The Morgan fingerprint density at radius 2 is 0.984 bits per heavy atom. The number of anilines is 8. The fourth-order valence-electron chi connectivity index (χ4n) is 8.35. The lowest BCUT2D eigenvalue weighted by Gasteiger charge is -2.35. The normalized spacial score (nSPS) is 21.3. The van der Waals surface area contributed by atoms with Crippen molar-refractivity contribution in [3.05, 3.63) is 72.1 Å². The molecule has 19 heteroatoms. The van der Waals surface area contributed by atoms with E-state index in [9.17, 15) is 14.4 Å². The fourth-order valence-corrected chi connectivity index (χ4v) is 8.35. The van der Waals surface area contributed by atoms with Gasteiger partial charge in [-0.25, -0.2) is 9.97 Å². The molecular formula is C44H62N16O3. The van der Waals surface area contributed by atoms with Crippen molar-refractivity contribution in [2.24, 2.45) is 22.9 Å². The number of nitrogens with two attached hydrogens (primary N) is 4. The highest BCUT2D eigenvalue weighted by Gasteiger charge is 2.24. The monoisotopic (exact) mass is 863 g/mol. The highest BCUT2D eigenvalue weighted by Crippen LogP contribution is 2.27. The van der Waals surface area contributed by atoms with Gasteiger partial charge in [-0.05, 0) is 99.9 Å². The van der Waals surface area contributed by atoms with Crippen molar-refractivity contribution in [1.82, 2.24) is 30.2 Å². The van der Waals surface area contributed by atoms with Crippen LogP contribution >= 0.6 is 0 Å². The van der Waals surface area contributed by atoms with E-state index in [4.69, 9.17) is 22.9 Å². The number of aromatic nitrogens is 4. The van der Waals surface area contributed by atoms with E-state index in [1.807, 2.05) is 41.3 Å². The molecule has 2 saturated heterocycles. The Kier molecular flexibility index (Phi) is 15.0. The van der Waals surface area contributed by atoms with Crippen LogP contribution in [0, 0.1) is 0 Å². The van der Waals surface area contributed by atoms with Gasteiger partial charge in [-0.15, -0.1) is 0 Å². The van der Waals surface area contributed by atoms with Crippen molar-refractivity contribution >= 4 is 64.0 Å². The van der Waals surface area contributed by atoms with Crippen LogP contribution in [0.5, 0.6) is 0 Å². The first-order chi connectivity index (χ1) is 30.5. The van der Waals surface area contributed by atoms with E-state index in [0.29, 0.717) is 29.1 Å². The molecule has 8 rings (SSSR count). The van der Waals surface area contributed by atoms with Gasteiger partial charge in [-0.2, -0.15) is 9.97 Å². The second-order valence-corrected chi connectivity index (χ2v) is 16.7. The van der Waals surface area contributed by atoms with E-state index in [1.165, 1.54) is 18.1 Å². The largest absolute Gasteiger partial charge is 0.369 e. The Morgan fingerprint density at radius 3 is 1.37 bits per heavy atom. The summed E-state index contributed by atoms with van der Waals surface area (Å²) in [6.45, 7) is 8.72. The number of carbonyl (C=O) groups excluding carboxylic acids is 3. The Morgan fingerprint density at radius 1 is 0.587 bits per heavy atom. The molecule has 13 N–H and O–H groups in total. The van der Waals surface area contributed by atoms with Gasteiger partial charge >= 0.3 is 0 Å². The first-order valence-corrected chi connectivity index (χ1v) is 22.1. The van der Waals surface area contributed by atoms with Gasteiger partial charge in [0.1, 0.15) is 11.6 Å². The van der Waals surface area contributed by atoms with E-state index in [-0.39, 0.29) is 35.6 Å². The molecule has 4 aliphatic rings. The SMILES string of the molecule is CC(=O)N1CCN(c2ccc(Nc3ncc(C(N)=O)c(NC4CCC(N)CC4)n3)cc2)CC1.NC(=O)c1cnc(Nc2ccc(N3CCNCC3)cc2)nc1NC1CCC(N)CC1. The third-order valence-corrected chi connectivity index (χ3v) is 12.2. The second kappa shape index (κ2) is 21.2. The van der Waals surface area contributed by atoms with Crippen LogP contribution in [0.1, 0.15) is 79.0 Å². The predicted octanol–water partition coefficient (Wildman–Crippen LogP) is 3.08. The van der Waals surface area contributed by atoms with Gasteiger partial charge in [-0.1, -0.05) is 0 Å². The molecule has 0 atom stereocenters. The summed E-state index contributed by atoms with van der Waals surface area (Å²) in [6, 6.07) is 17.1. The highest BCUT2D eigenvalue weighted by atomic mass is 16.2. The van der Waals surface area contributed by atoms with Crippen LogP contribution in [0.2, 0.25) is 0 Å². The zero-order valence-corrected chi connectivity index (χ0v) is 36.1. The lowest BCUT2D eigenvalue weighted by molar-refractivity contribution is -0.129. The van der Waals surface area contributed by atoms with E-state index in [2.05, 4.69) is 68.5 Å². The van der Waals surface area contributed by atoms with Crippen molar-refractivity contribution in [2.75, 3.05) is 83.4 Å². The Labute approximate surface area is 368 Å². The summed E-state index contributed by atoms with van der Waals surface area (Å²) in [5.41, 5.74) is 27.6. The van der Waals surface area contributed by atoms with E-state index < -0.39 is 11.8 Å². The van der Waals surface area contributed by atoms with Crippen LogP contribution in [-0.2, 0) is 4.79 Å². The number of hydrogen-bond donors (Lipinski definition) is 9.